The largest absolute Gasteiger partial charge is 0.494 e. The highest BCUT2D eigenvalue weighted by atomic mass is 16.5. The van der Waals surface area contributed by atoms with E-state index in [0.29, 0.717) is 19.8 Å². The first kappa shape index (κ1) is 20.3. The Hall–Kier alpha value is -3.00. The highest BCUT2D eigenvalue weighted by molar-refractivity contribution is 5.93. The van der Waals surface area contributed by atoms with E-state index in [2.05, 4.69) is 6.07 Å². The van der Waals surface area contributed by atoms with Gasteiger partial charge in [-0.15, -0.1) is 0 Å². The SMILES string of the molecule is CCOc1ccc(N(CCC#N)C(=O)CCOc2ccc(C)c(C)c2)cc1. The van der Waals surface area contributed by atoms with Gasteiger partial charge in [0.05, 0.1) is 32.1 Å². The normalized spacial score (nSPS) is 10.1. The third kappa shape index (κ3) is 6.03. The third-order valence-corrected chi connectivity index (χ3v) is 4.27. The second kappa shape index (κ2) is 10.2. The molecule has 0 atom stereocenters. The number of benzene rings is 2. The Kier molecular flexibility index (Phi) is 7.69. The van der Waals surface area contributed by atoms with Crippen LogP contribution in [-0.4, -0.2) is 25.7 Å². The van der Waals surface area contributed by atoms with E-state index in [1.165, 1.54) is 5.56 Å². The van der Waals surface area contributed by atoms with Gasteiger partial charge in [0, 0.05) is 12.2 Å². The fourth-order valence-electron chi connectivity index (χ4n) is 2.64. The number of nitrogens with zero attached hydrogens (tertiary/aromatic N) is 2. The van der Waals surface area contributed by atoms with E-state index in [1.807, 2.05) is 63.2 Å². The highest BCUT2D eigenvalue weighted by Crippen LogP contribution is 2.21. The zero-order valence-electron chi connectivity index (χ0n) is 16.2. The van der Waals surface area contributed by atoms with E-state index in [-0.39, 0.29) is 18.7 Å². The number of nitriles is 1. The van der Waals surface area contributed by atoms with Gasteiger partial charge in [0.25, 0.3) is 0 Å². The summed E-state index contributed by atoms with van der Waals surface area (Å²) in [6, 6.07) is 15.3. The maximum atomic E-state index is 12.7. The molecule has 1 amide bonds. The monoisotopic (exact) mass is 366 g/mol. The Labute approximate surface area is 161 Å². The van der Waals surface area contributed by atoms with Gasteiger partial charge in [-0.25, -0.2) is 0 Å². The fourth-order valence-corrected chi connectivity index (χ4v) is 2.64. The summed E-state index contributed by atoms with van der Waals surface area (Å²) in [6.45, 7) is 7.24. The van der Waals surface area contributed by atoms with Crippen molar-refractivity contribution in [2.75, 3.05) is 24.7 Å². The standard InChI is InChI=1S/C22H26N2O3/c1-4-26-20-10-7-19(8-11-20)24(14-5-13-23)22(25)12-15-27-21-9-6-17(2)18(3)16-21/h6-11,16H,4-5,12,14-15H2,1-3H3. The summed E-state index contributed by atoms with van der Waals surface area (Å²) in [5.74, 6) is 1.45. The number of hydrogen-bond acceptors (Lipinski definition) is 4. The molecule has 0 fully saturated rings. The van der Waals surface area contributed by atoms with Crippen molar-refractivity contribution in [1.82, 2.24) is 0 Å². The van der Waals surface area contributed by atoms with Crippen molar-refractivity contribution in [2.24, 2.45) is 0 Å². The lowest BCUT2D eigenvalue weighted by molar-refractivity contribution is -0.119. The molecule has 2 aromatic rings. The van der Waals surface area contributed by atoms with Crippen LogP contribution >= 0.6 is 0 Å². The van der Waals surface area contributed by atoms with Crippen molar-refractivity contribution >= 4 is 11.6 Å². The van der Waals surface area contributed by atoms with Crippen LogP contribution in [0.1, 0.15) is 30.9 Å². The lowest BCUT2D eigenvalue weighted by Crippen LogP contribution is -2.32. The highest BCUT2D eigenvalue weighted by Gasteiger charge is 2.16. The summed E-state index contributed by atoms with van der Waals surface area (Å²) < 4.78 is 11.2. The van der Waals surface area contributed by atoms with Gasteiger partial charge < -0.3 is 14.4 Å². The molecule has 0 aliphatic heterocycles. The zero-order valence-corrected chi connectivity index (χ0v) is 16.2. The molecular weight excluding hydrogens is 340 g/mol. The number of hydrogen-bond donors (Lipinski definition) is 0. The van der Waals surface area contributed by atoms with Gasteiger partial charge >= 0.3 is 0 Å². The Bertz CT molecular complexity index is 794. The molecule has 0 heterocycles. The molecule has 0 spiro atoms. The van der Waals surface area contributed by atoms with E-state index in [0.717, 1.165) is 22.7 Å². The Morgan fingerprint density at radius 3 is 2.37 bits per heavy atom. The van der Waals surface area contributed by atoms with Crippen LogP contribution in [0.25, 0.3) is 0 Å². The maximum Gasteiger partial charge on any atom is 0.230 e. The summed E-state index contributed by atoms with van der Waals surface area (Å²) in [5, 5.41) is 8.90. The minimum Gasteiger partial charge on any atom is -0.494 e. The van der Waals surface area contributed by atoms with E-state index in [9.17, 15) is 4.79 Å². The molecule has 27 heavy (non-hydrogen) atoms. The minimum absolute atomic E-state index is 0.0711. The Morgan fingerprint density at radius 2 is 1.74 bits per heavy atom. The van der Waals surface area contributed by atoms with Gasteiger partial charge in [0.2, 0.25) is 5.91 Å². The number of anilines is 1. The molecule has 2 rings (SSSR count). The van der Waals surface area contributed by atoms with Crippen molar-refractivity contribution in [3.05, 3.63) is 53.6 Å². The summed E-state index contributed by atoms with van der Waals surface area (Å²) in [6.07, 6.45) is 0.516. The van der Waals surface area contributed by atoms with Gasteiger partial charge in [-0.2, -0.15) is 5.26 Å². The minimum atomic E-state index is -0.0711. The van der Waals surface area contributed by atoms with E-state index >= 15 is 0 Å². The predicted octanol–water partition coefficient (Wildman–Crippen LogP) is 4.42. The number of carbonyl (C=O) groups excluding carboxylic acids is 1. The van der Waals surface area contributed by atoms with Crippen LogP contribution in [0.3, 0.4) is 0 Å². The van der Waals surface area contributed by atoms with Gasteiger partial charge in [-0.05, 0) is 68.3 Å². The topological polar surface area (TPSA) is 62.6 Å². The first-order chi connectivity index (χ1) is 13.0. The first-order valence-electron chi connectivity index (χ1n) is 9.15. The van der Waals surface area contributed by atoms with Crippen LogP contribution in [0.5, 0.6) is 11.5 Å². The average Bonchev–Trinajstić information content (AvgIpc) is 2.66. The summed E-state index contributed by atoms with van der Waals surface area (Å²) in [5.41, 5.74) is 3.12. The maximum absolute atomic E-state index is 12.7. The van der Waals surface area contributed by atoms with Gasteiger partial charge in [0.1, 0.15) is 11.5 Å². The van der Waals surface area contributed by atoms with E-state index in [4.69, 9.17) is 14.7 Å². The van der Waals surface area contributed by atoms with Crippen LogP contribution in [0.15, 0.2) is 42.5 Å². The number of ether oxygens (including phenoxy) is 2. The predicted molar refractivity (Wildman–Crippen MR) is 106 cm³/mol. The van der Waals surface area contributed by atoms with Crippen molar-refractivity contribution in [3.8, 4) is 17.6 Å². The van der Waals surface area contributed by atoms with Crippen LogP contribution in [0, 0.1) is 25.2 Å². The smallest absolute Gasteiger partial charge is 0.230 e. The van der Waals surface area contributed by atoms with Crippen LogP contribution < -0.4 is 14.4 Å². The van der Waals surface area contributed by atoms with Crippen molar-refractivity contribution in [2.45, 2.75) is 33.6 Å². The summed E-state index contributed by atoms with van der Waals surface area (Å²) in [7, 11) is 0. The van der Waals surface area contributed by atoms with Crippen LogP contribution in [0.2, 0.25) is 0 Å². The molecule has 0 N–H and O–H groups in total. The second-order valence-electron chi connectivity index (χ2n) is 6.22. The molecule has 0 saturated heterocycles. The molecule has 2 aromatic carbocycles. The molecule has 0 unspecified atom stereocenters. The van der Waals surface area contributed by atoms with Crippen molar-refractivity contribution in [3.63, 3.8) is 0 Å². The lowest BCUT2D eigenvalue weighted by atomic mass is 10.1. The van der Waals surface area contributed by atoms with Gasteiger partial charge in [-0.1, -0.05) is 6.07 Å². The average molecular weight is 366 g/mol. The fraction of sp³-hybridized carbons (Fsp3) is 0.364. The molecule has 0 bridgehead atoms. The quantitative estimate of drug-likeness (QED) is 0.659. The molecule has 5 nitrogen and oxygen atoms in total. The second-order valence-corrected chi connectivity index (χ2v) is 6.22. The van der Waals surface area contributed by atoms with E-state index < -0.39 is 0 Å². The molecule has 0 aromatic heterocycles. The number of aryl methyl sites for hydroxylation is 2. The molecule has 0 saturated carbocycles. The lowest BCUT2D eigenvalue weighted by Gasteiger charge is -2.22. The molecule has 5 heteroatoms. The molecule has 142 valence electrons. The van der Waals surface area contributed by atoms with Gasteiger partial charge in [0.15, 0.2) is 0 Å². The van der Waals surface area contributed by atoms with Crippen LogP contribution in [-0.2, 0) is 4.79 Å². The Balaban J connectivity index is 1.99. The van der Waals surface area contributed by atoms with Crippen LogP contribution in [0.4, 0.5) is 5.69 Å². The number of carbonyl (C=O) groups is 1. The number of rotatable bonds is 9. The number of amides is 1. The van der Waals surface area contributed by atoms with Gasteiger partial charge in [-0.3, -0.25) is 4.79 Å². The summed E-state index contributed by atoms with van der Waals surface area (Å²) >= 11 is 0. The molecule has 0 aliphatic rings. The molecule has 0 radical (unpaired) electrons. The Morgan fingerprint density at radius 1 is 1.04 bits per heavy atom. The molecule has 0 aliphatic carbocycles. The third-order valence-electron chi connectivity index (χ3n) is 4.27. The summed E-state index contributed by atoms with van der Waals surface area (Å²) in [4.78, 5) is 14.3. The van der Waals surface area contributed by atoms with E-state index in [1.54, 1.807) is 4.90 Å². The first-order valence-corrected chi connectivity index (χ1v) is 9.15. The van der Waals surface area contributed by atoms with Crippen molar-refractivity contribution < 1.29 is 14.3 Å². The van der Waals surface area contributed by atoms with Crippen molar-refractivity contribution in [1.29, 1.82) is 5.26 Å². The zero-order chi connectivity index (χ0) is 19.6. The molecular formula is C22H26N2O3.